The average molecular weight is 346 g/mol. The smallest absolute Gasteiger partial charge is 0.213 e. The van der Waals surface area contributed by atoms with Gasteiger partial charge in [0.2, 0.25) is 10.0 Å². The minimum absolute atomic E-state index is 0.138. The molecule has 1 aliphatic heterocycles. The van der Waals surface area contributed by atoms with Crippen molar-refractivity contribution in [3.8, 4) is 0 Å². The highest BCUT2D eigenvalue weighted by Crippen LogP contribution is 2.23. The first-order valence-electron chi connectivity index (χ1n) is 8.66. The van der Waals surface area contributed by atoms with Gasteiger partial charge in [-0.05, 0) is 36.1 Å². The molecule has 0 amide bonds. The van der Waals surface area contributed by atoms with Gasteiger partial charge in [0.25, 0.3) is 0 Å². The molecule has 0 bridgehead atoms. The number of hydrogen-bond donors (Lipinski definition) is 0. The highest BCUT2D eigenvalue weighted by molar-refractivity contribution is 7.89. The van der Waals surface area contributed by atoms with Crippen LogP contribution in [0, 0.1) is 0 Å². The maximum Gasteiger partial charge on any atom is 0.213 e. The van der Waals surface area contributed by atoms with Crippen LogP contribution in [0.2, 0.25) is 0 Å². The molecular weight excluding hydrogens is 320 g/mol. The van der Waals surface area contributed by atoms with Crippen LogP contribution in [0.5, 0.6) is 0 Å². The first-order valence-corrected chi connectivity index (χ1v) is 10.3. The van der Waals surface area contributed by atoms with Crippen LogP contribution in [-0.2, 0) is 16.6 Å². The molecule has 1 fully saturated rings. The van der Waals surface area contributed by atoms with E-state index in [1.165, 1.54) is 16.3 Å². The van der Waals surface area contributed by atoms with Gasteiger partial charge in [-0.3, -0.25) is 4.90 Å². The maximum absolute atomic E-state index is 12.0. The average Bonchev–Trinajstić information content (AvgIpc) is 2.62. The van der Waals surface area contributed by atoms with Gasteiger partial charge in [0, 0.05) is 32.7 Å². The fraction of sp³-hybridized carbons (Fsp3) is 0.474. The molecule has 0 aliphatic carbocycles. The van der Waals surface area contributed by atoms with Crippen molar-refractivity contribution in [3.05, 3.63) is 48.0 Å². The molecule has 0 saturated carbocycles. The largest absolute Gasteiger partial charge is 0.299 e. The van der Waals surface area contributed by atoms with E-state index in [2.05, 4.69) is 47.4 Å². The third-order valence-electron chi connectivity index (χ3n) is 5.15. The Morgan fingerprint density at radius 2 is 1.75 bits per heavy atom. The van der Waals surface area contributed by atoms with E-state index in [0.29, 0.717) is 0 Å². The third kappa shape index (κ3) is 3.63. The molecule has 0 atom stereocenters. The van der Waals surface area contributed by atoms with Crippen LogP contribution in [-0.4, -0.2) is 49.6 Å². The van der Waals surface area contributed by atoms with Crippen molar-refractivity contribution in [2.24, 2.45) is 0 Å². The van der Waals surface area contributed by atoms with Gasteiger partial charge >= 0.3 is 0 Å². The second-order valence-corrected chi connectivity index (χ2v) is 8.88. The van der Waals surface area contributed by atoms with Gasteiger partial charge in [0.1, 0.15) is 0 Å². The van der Waals surface area contributed by atoms with Crippen molar-refractivity contribution < 1.29 is 8.42 Å². The molecule has 0 spiro atoms. The summed E-state index contributed by atoms with van der Waals surface area (Å²) in [5.41, 5.74) is 1.35. The summed E-state index contributed by atoms with van der Waals surface area (Å²) in [7, 11) is -1.36. The number of likely N-dealkylation sites (tertiary alicyclic amines) is 1. The van der Waals surface area contributed by atoms with Gasteiger partial charge in [-0.2, -0.15) is 0 Å². The normalized spacial score (nSPS) is 17.6. The van der Waals surface area contributed by atoms with Crippen LogP contribution in [0.3, 0.4) is 0 Å². The predicted octanol–water partition coefficient (Wildman–Crippen LogP) is 3.09. The van der Waals surface area contributed by atoms with E-state index >= 15 is 0 Å². The molecule has 2 aromatic carbocycles. The molecule has 4 nitrogen and oxygen atoms in total. The number of fused-ring (bicyclic) bond motifs is 1. The lowest BCUT2D eigenvalue weighted by Crippen LogP contribution is -2.45. The quantitative estimate of drug-likeness (QED) is 0.835. The summed E-state index contributed by atoms with van der Waals surface area (Å²) in [5.74, 6) is 0.180. The maximum atomic E-state index is 12.0. The zero-order valence-electron chi connectivity index (χ0n) is 14.5. The lowest BCUT2D eigenvalue weighted by Gasteiger charge is -2.36. The second-order valence-electron chi connectivity index (χ2n) is 6.56. The van der Waals surface area contributed by atoms with Crippen molar-refractivity contribution in [1.29, 1.82) is 0 Å². The van der Waals surface area contributed by atoms with E-state index in [1.807, 2.05) is 0 Å². The minimum atomic E-state index is -3.09. The zero-order chi connectivity index (χ0) is 17.2. The van der Waals surface area contributed by atoms with Gasteiger partial charge in [0.15, 0.2) is 0 Å². The number of rotatable bonds is 5. The summed E-state index contributed by atoms with van der Waals surface area (Å²) < 4.78 is 25.6. The van der Waals surface area contributed by atoms with Gasteiger partial charge < -0.3 is 0 Å². The highest BCUT2D eigenvalue weighted by atomic mass is 32.2. The summed E-state index contributed by atoms with van der Waals surface area (Å²) >= 11 is 0. The first kappa shape index (κ1) is 17.4. The standard InChI is InChI=1S/C19H26N2O2S/c1-3-24(22,23)20(2)18-11-13-21(14-12-18)15-17-9-6-8-16-7-4-5-10-19(16)17/h4-10,18H,3,11-15H2,1-2H3. The Morgan fingerprint density at radius 3 is 2.46 bits per heavy atom. The number of benzene rings is 2. The van der Waals surface area contributed by atoms with Crippen LogP contribution in [0.25, 0.3) is 10.8 Å². The molecule has 0 unspecified atom stereocenters. The number of piperidine rings is 1. The van der Waals surface area contributed by atoms with E-state index in [9.17, 15) is 8.42 Å². The summed E-state index contributed by atoms with van der Waals surface area (Å²) in [4.78, 5) is 2.44. The van der Waals surface area contributed by atoms with E-state index in [-0.39, 0.29) is 11.8 Å². The molecule has 1 aliphatic rings. The van der Waals surface area contributed by atoms with E-state index < -0.39 is 10.0 Å². The number of nitrogens with zero attached hydrogens (tertiary/aromatic N) is 2. The summed E-state index contributed by atoms with van der Waals surface area (Å²) in [6.45, 7) is 4.52. The van der Waals surface area contributed by atoms with Crippen LogP contribution >= 0.6 is 0 Å². The monoisotopic (exact) mass is 346 g/mol. The molecular formula is C19H26N2O2S. The molecule has 3 rings (SSSR count). The van der Waals surface area contributed by atoms with Crippen molar-refractivity contribution in [1.82, 2.24) is 9.21 Å². The number of hydrogen-bond acceptors (Lipinski definition) is 3. The molecule has 24 heavy (non-hydrogen) atoms. The molecule has 130 valence electrons. The highest BCUT2D eigenvalue weighted by Gasteiger charge is 2.28. The van der Waals surface area contributed by atoms with E-state index in [0.717, 1.165) is 32.5 Å². The molecule has 0 aromatic heterocycles. The van der Waals surface area contributed by atoms with Gasteiger partial charge in [-0.25, -0.2) is 12.7 Å². The Kier molecular flexibility index (Phi) is 5.23. The topological polar surface area (TPSA) is 40.6 Å². The van der Waals surface area contributed by atoms with Crippen LogP contribution in [0.4, 0.5) is 0 Å². The van der Waals surface area contributed by atoms with Crippen molar-refractivity contribution in [3.63, 3.8) is 0 Å². The predicted molar refractivity (Wildman–Crippen MR) is 99.5 cm³/mol. The first-order chi connectivity index (χ1) is 11.5. The minimum Gasteiger partial charge on any atom is -0.299 e. The van der Waals surface area contributed by atoms with Crippen LogP contribution in [0.15, 0.2) is 42.5 Å². The van der Waals surface area contributed by atoms with Gasteiger partial charge in [0.05, 0.1) is 5.75 Å². The molecule has 0 radical (unpaired) electrons. The fourth-order valence-electron chi connectivity index (χ4n) is 3.54. The zero-order valence-corrected chi connectivity index (χ0v) is 15.3. The molecule has 5 heteroatoms. The summed E-state index contributed by atoms with van der Waals surface area (Å²) in [6, 6.07) is 15.1. The van der Waals surface area contributed by atoms with E-state index in [4.69, 9.17) is 0 Å². The molecule has 1 heterocycles. The van der Waals surface area contributed by atoms with Gasteiger partial charge in [-0.1, -0.05) is 42.5 Å². The second kappa shape index (κ2) is 7.21. The molecule has 0 N–H and O–H groups in total. The van der Waals surface area contributed by atoms with Crippen molar-refractivity contribution >= 4 is 20.8 Å². The van der Waals surface area contributed by atoms with Gasteiger partial charge in [-0.15, -0.1) is 0 Å². The summed E-state index contributed by atoms with van der Waals surface area (Å²) in [6.07, 6.45) is 1.81. The molecule has 1 saturated heterocycles. The van der Waals surface area contributed by atoms with Crippen LogP contribution in [0.1, 0.15) is 25.3 Å². The Balaban J connectivity index is 1.65. The fourth-order valence-corrected chi connectivity index (χ4v) is 4.62. The SMILES string of the molecule is CCS(=O)(=O)N(C)C1CCN(Cc2cccc3ccccc23)CC1. The van der Waals surface area contributed by atoms with E-state index in [1.54, 1.807) is 18.3 Å². The van der Waals surface area contributed by atoms with Crippen molar-refractivity contribution in [2.75, 3.05) is 25.9 Å². The van der Waals surface area contributed by atoms with Crippen molar-refractivity contribution in [2.45, 2.75) is 32.4 Å². The summed E-state index contributed by atoms with van der Waals surface area (Å²) in [5, 5.41) is 2.59. The lowest BCUT2D eigenvalue weighted by atomic mass is 10.0. The Hall–Kier alpha value is -1.43. The molecule has 2 aromatic rings. The Morgan fingerprint density at radius 1 is 1.08 bits per heavy atom. The lowest BCUT2D eigenvalue weighted by molar-refractivity contribution is 0.164. The van der Waals surface area contributed by atoms with Crippen LogP contribution < -0.4 is 0 Å². The number of sulfonamides is 1. The third-order valence-corrected chi connectivity index (χ3v) is 7.05. The Bertz CT molecular complexity index is 791. The Labute approximate surface area is 145 Å².